The second-order valence-corrected chi connectivity index (χ2v) is 5.28. The molecule has 1 saturated heterocycles. The molecule has 0 amide bonds. The number of nitrogens with zero attached hydrogens (tertiary/aromatic N) is 3. The Kier molecular flexibility index (Phi) is 4.28. The molecule has 0 spiro atoms. The van der Waals surface area contributed by atoms with Crippen LogP contribution in [0, 0.1) is 5.92 Å². The Morgan fingerprint density at radius 1 is 1.40 bits per heavy atom. The molecule has 0 atom stereocenters. The minimum atomic E-state index is 0.657. The summed E-state index contributed by atoms with van der Waals surface area (Å²) in [5, 5.41) is 0. The highest BCUT2D eigenvalue weighted by atomic mass is 16.5. The lowest BCUT2D eigenvalue weighted by Gasteiger charge is -2.23. The van der Waals surface area contributed by atoms with E-state index in [0.717, 1.165) is 56.0 Å². The van der Waals surface area contributed by atoms with Gasteiger partial charge in [0, 0.05) is 39.5 Å². The zero-order valence-electron chi connectivity index (χ0n) is 11.9. The van der Waals surface area contributed by atoms with Gasteiger partial charge in [0.1, 0.15) is 11.3 Å². The molecule has 5 nitrogen and oxygen atoms in total. The van der Waals surface area contributed by atoms with E-state index in [9.17, 15) is 0 Å². The van der Waals surface area contributed by atoms with Gasteiger partial charge in [-0.15, -0.1) is 0 Å². The SMILES string of the molecule is COCCc1nc2cccnc2n1CC1CCOCC1. The number of ether oxygens (including phenoxy) is 2. The maximum absolute atomic E-state index is 5.44. The van der Waals surface area contributed by atoms with Gasteiger partial charge in [-0.3, -0.25) is 0 Å². The molecule has 5 heteroatoms. The van der Waals surface area contributed by atoms with Crippen LogP contribution in [0.5, 0.6) is 0 Å². The highest BCUT2D eigenvalue weighted by Crippen LogP contribution is 2.21. The maximum atomic E-state index is 5.44. The van der Waals surface area contributed by atoms with Crippen LogP contribution < -0.4 is 0 Å². The van der Waals surface area contributed by atoms with Crippen molar-refractivity contribution in [3.05, 3.63) is 24.2 Å². The zero-order valence-corrected chi connectivity index (χ0v) is 11.9. The van der Waals surface area contributed by atoms with E-state index in [1.807, 2.05) is 18.3 Å². The molecule has 3 rings (SSSR count). The summed E-state index contributed by atoms with van der Waals surface area (Å²) in [7, 11) is 1.73. The van der Waals surface area contributed by atoms with E-state index >= 15 is 0 Å². The first kappa shape index (κ1) is 13.5. The van der Waals surface area contributed by atoms with Crippen molar-refractivity contribution >= 4 is 11.2 Å². The summed E-state index contributed by atoms with van der Waals surface area (Å²) in [5.41, 5.74) is 1.97. The first-order valence-corrected chi connectivity index (χ1v) is 7.25. The van der Waals surface area contributed by atoms with Crippen LogP contribution in [0.2, 0.25) is 0 Å². The normalized spacial score (nSPS) is 16.9. The zero-order chi connectivity index (χ0) is 13.8. The molecule has 0 radical (unpaired) electrons. The van der Waals surface area contributed by atoms with Gasteiger partial charge in [0.05, 0.1) is 6.61 Å². The molecular weight excluding hydrogens is 254 g/mol. The van der Waals surface area contributed by atoms with Crippen molar-refractivity contribution in [1.29, 1.82) is 0 Å². The average Bonchev–Trinajstić information content (AvgIpc) is 2.84. The van der Waals surface area contributed by atoms with Crippen LogP contribution in [0.3, 0.4) is 0 Å². The Hall–Kier alpha value is -1.46. The molecule has 0 aliphatic carbocycles. The Morgan fingerprint density at radius 3 is 3.05 bits per heavy atom. The van der Waals surface area contributed by atoms with E-state index < -0.39 is 0 Å². The fourth-order valence-electron chi connectivity index (χ4n) is 2.77. The van der Waals surface area contributed by atoms with E-state index in [1.54, 1.807) is 7.11 Å². The van der Waals surface area contributed by atoms with Gasteiger partial charge in [0.2, 0.25) is 0 Å². The van der Waals surface area contributed by atoms with Gasteiger partial charge in [0.25, 0.3) is 0 Å². The smallest absolute Gasteiger partial charge is 0.159 e. The number of methoxy groups -OCH3 is 1. The van der Waals surface area contributed by atoms with Crippen LogP contribution in [-0.2, 0) is 22.4 Å². The third kappa shape index (κ3) is 2.83. The third-order valence-electron chi connectivity index (χ3n) is 3.89. The minimum Gasteiger partial charge on any atom is -0.384 e. The van der Waals surface area contributed by atoms with Gasteiger partial charge in [0.15, 0.2) is 5.65 Å². The first-order valence-electron chi connectivity index (χ1n) is 7.25. The second kappa shape index (κ2) is 6.33. The van der Waals surface area contributed by atoms with Gasteiger partial charge < -0.3 is 14.0 Å². The number of pyridine rings is 1. The third-order valence-corrected chi connectivity index (χ3v) is 3.89. The molecule has 1 fully saturated rings. The quantitative estimate of drug-likeness (QED) is 0.838. The van der Waals surface area contributed by atoms with Crippen LogP contribution in [-0.4, -0.2) is 41.5 Å². The van der Waals surface area contributed by atoms with Crippen molar-refractivity contribution < 1.29 is 9.47 Å². The second-order valence-electron chi connectivity index (χ2n) is 5.28. The molecule has 0 aromatic carbocycles. The van der Waals surface area contributed by atoms with E-state index in [0.29, 0.717) is 12.5 Å². The fourth-order valence-corrected chi connectivity index (χ4v) is 2.77. The van der Waals surface area contributed by atoms with Gasteiger partial charge in [-0.05, 0) is 30.9 Å². The predicted molar refractivity (Wildman–Crippen MR) is 76.7 cm³/mol. The number of fused-ring (bicyclic) bond motifs is 1. The minimum absolute atomic E-state index is 0.657. The van der Waals surface area contributed by atoms with E-state index in [-0.39, 0.29) is 0 Å². The van der Waals surface area contributed by atoms with Crippen molar-refractivity contribution in [3.8, 4) is 0 Å². The molecule has 108 valence electrons. The fraction of sp³-hybridized carbons (Fsp3) is 0.600. The lowest BCUT2D eigenvalue weighted by Crippen LogP contribution is -2.21. The largest absolute Gasteiger partial charge is 0.384 e. The number of aromatic nitrogens is 3. The molecule has 2 aromatic heterocycles. The predicted octanol–water partition coefficient (Wildman–Crippen LogP) is 2.05. The standard InChI is InChI=1S/C15H21N3O2/c1-19-8-6-14-17-13-3-2-7-16-15(13)18(14)11-12-4-9-20-10-5-12/h2-3,7,12H,4-6,8-11H2,1H3. The summed E-state index contributed by atoms with van der Waals surface area (Å²) in [6.07, 6.45) is 4.91. The average molecular weight is 275 g/mol. The Bertz CT molecular complexity index is 561. The van der Waals surface area contributed by atoms with Gasteiger partial charge in [-0.25, -0.2) is 9.97 Å². The number of rotatable bonds is 5. The molecule has 1 aliphatic heterocycles. The van der Waals surface area contributed by atoms with Crippen LogP contribution >= 0.6 is 0 Å². The molecule has 0 N–H and O–H groups in total. The van der Waals surface area contributed by atoms with Crippen molar-refractivity contribution in [2.75, 3.05) is 26.9 Å². The Morgan fingerprint density at radius 2 is 2.25 bits per heavy atom. The summed E-state index contributed by atoms with van der Waals surface area (Å²) in [4.78, 5) is 9.21. The van der Waals surface area contributed by atoms with Crippen molar-refractivity contribution in [2.45, 2.75) is 25.8 Å². The van der Waals surface area contributed by atoms with Crippen molar-refractivity contribution in [3.63, 3.8) is 0 Å². The van der Waals surface area contributed by atoms with Gasteiger partial charge in [-0.2, -0.15) is 0 Å². The highest BCUT2D eigenvalue weighted by molar-refractivity contribution is 5.71. The monoisotopic (exact) mass is 275 g/mol. The van der Waals surface area contributed by atoms with Crippen LogP contribution in [0.1, 0.15) is 18.7 Å². The summed E-state index contributed by atoms with van der Waals surface area (Å²) in [6.45, 7) is 3.42. The maximum Gasteiger partial charge on any atom is 0.159 e. The molecule has 0 bridgehead atoms. The molecule has 1 aliphatic rings. The molecule has 0 unspecified atom stereocenters. The lowest BCUT2D eigenvalue weighted by atomic mass is 10.0. The van der Waals surface area contributed by atoms with Gasteiger partial charge >= 0.3 is 0 Å². The van der Waals surface area contributed by atoms with Crippen LogP contribution in [0.4, 0.5) is 0 Å². The number of hydrogen-bond acceptors (Lipinski definition) is 4. The lowest BCUT2D eigenvalue weighted by molar-refractivity contribution is 0.0612. The topological polar surface area (TPSA) is 49.2 Å². The summed E-state index contributed by atoms with van der Waals surface area (Å²) < 4.78 is 12.9. The molecule has 20 heavy (non-hydrogen) atoms. The summed E-state index contributed by atoms with van der Waals surface area (Å²) >= 11 is 0. The number of hydrogen-bond donors (Lipinski definition) is 0. The van der Waals surface area contributed by atoms with Crippen LogP contribution in [0.25, 0.3) is 11.2 Å². The summed E-state index contributed by atoms with van der Waals surface area (Å²) in [5.74, 6) is 1.73. The molecule has 0 saturated carbocycles. The molecular formula is C15H21N3O2. The van der Waals surface area contributed by atoms with Crippen LogP contribution in [0.15, 0.2) is 18.3 Å². The van der Waals surface area contributed by atoms with Crippen molar-refractivity contribution in [2.24, 2.45) is 5.92 Å². The highest BCUT2D eigenvalue weighted by Gasteiger charge is 2.18. The van der Waals surface area contributed by atoms with E-state index in [1.165, 1.54) is 0 Å². The Balaban J connectivity index is 1.88. The van der Waals surface area contributed by atoms with Crippen molar-refractivity contribution in [1.82, 2.24) is 14.5 Å². The summed E-state index contributed by atoms with van der Waals surface area (Å²) in [6, 6.07) is 3.97. The molecule has 2 aromatic rings. The Labute approximate surface area is 118 Å². The first-order chi connectivity index (χ1) is 9.88. The van der Waals surface area contributed by atoms with E-state index in [4.69, 9.17) is 14.5 Å². The van der Waals surface area contributed by atoms with Gasteiger partial charge in [-0.1, -0.05) is 0 Å². The van der Waals surface area contributed by atoms with E-state index in [2.05, 4.69) is 9.55 Å². The molecule has 3 heterocycles. The number of imidazole rings is 1.